The number of alkyl carbamates (subject to hydrolysis) is 1. The number of Topliss-reactive ketones (excluding diaryl/α,β-unsaturated/α-hetero) is 1. The van der Waals surface area contributed by atoms with E-state index in [1.807, 2.05) is 76.2 Å². The van der Waals surface area contributed by atoms with Crippen molar-refractivity contribution in [1.29, 1.82) is 0 Å². The Bertz CT molecular complexity index is 1300. The summed E-state index contributed by atoms with van der Waals surface area (Å²) < 4.78 is 6.00. The minimum atomic E-state index is -1.31. The number of hydrogen-bond donors (Lipinski definition) is 4. The highest BCUT2D eigenvalue weighted by atomic mass is 35.5. The van der Waals surface area contributed by atoms with Gasteiger partial charge in [-0.15, -0.1) is 0 Å². The van der Waals surface area contributed by atoms with E-state index < -0.39 is 53.2 Å². The molecule has 226 valence electrons. The van der Waals surface area contributed by atoms with Gasteiger partial charge in [0, 0.05) is 22.9 Å². The summed E-state index contributed by atoms with van der Waals surface area (Å²) in [7, 11) is 0. The average molecular weight is 599 g/mol. The second-order valence-corrected chi connectivity index (χ2v) is 12.0. The fourth-order valence-electron chi connectivity index (χ4n) is 5.12. The number of rotatable bonds is 13. The maximum absolute atomic E-state index is 13.4. The van der Waals surface area contributed by atoms with Crippen LogP contribution in [0.15, 0.2) is 54.6 Å². The van der Waals surface area contributed by atoms with E-state index in [0.717, 1.165) is 11.1 Å². The zero-order valence-electron chi connectivity index (χ0n) is 24.3. The molecule has 0 bridgehead atoms. The van der Waals surface area contributed by atoms with Crippen molar-refractivity contribution in [3.63, 3.8) is 0 Å². The summed E-state index contributed by atoms with van der Waals surface area (Å²) in [4.78, 5) is 63.2. The number of nitrogens with one attached hydrogen (secondary N) is 3. The molecular formula is C31H39ClN4O6. The molecule has 3 rings (SSSR count). The van der Waals surface area contributed by atoms with Crippen LogP contribution in [0.5, 0.6) is 0 Å². The van der Waals surface area contributed by atoms with Crippen molar-refractivity contribution in [3.8, 4) is 0 Å². The quantitative estimate of drug-likeness (QED) is 0.258. The van der Waals surface area contributed by atoms with Crippen molar-refractivity contribution in [3.05, 3.63) is 70.7 Å². The smallest absolute Gasteiger partial charge is 0.408 e. The van der Waals surface area contributed by atoms with Crippen molar-refractivity contribution in [2.75, 3.05) is 6.54 Å². The number of amides is 4. The van der Waals surface area contributed by atoms with Gasteiger partial charge in [-0.05, 0) is 48.4 Å². The Hall–Kier alpha value is -3.92. The normalized spacial score (nSPS) is 17.1. The fraction of sp³-hybridized carbons (Fsp3) is 0.452. The van der Waals surface area contributed by atoms with E-state index >= 15 is 0 Å². The Balaban J connectivity index is 1.83. The van der Waals surface area contributed by atoms with Crippen LogP contribution < -0.4 is 21.7 Å². The number of ether oxygens (including phenoxy) is 1. The number of hydrogen-bond acceptors (Lipinski definition) is 6. The molecule has 4 atom stereocenters. The average Bonchev–Trinajstić information content (AvgIpc) is 3.34. The van der Waals surface area contributed by atoms with Gasteiger partial charge < -0.3 is 26.4 Å². The van der Waals surface area contributed by atoms with E-state index in [1.54, 1.807) is 6.07 Å². The molecule has 11 heteroatoms. The minimum Gasteiger partial charge on any atom is -0.440 e. The van der Waals surface area contributed by atoms with E-state index in [9.17, 15) is 24.0 Å². The molecule has 2 aromatic carbocycles. The van der Waals surface area contributed by atoms with Gasteiger partial charge in [-0.2, -0.15) is 0 Å². The van der Waals surface area contributed by atoms with Crippen LogP contribution in [0.3, 0.4) is 0 Å². The summed E-state index contributed by atoms with van der Waals surface area (Å²) in [5.41, 5.74) is 6.09. The second kappa shape index (κ2) is 14.3. The van der Waals surface area contributed by atoms with Crippen LogP contribution in [-0.4, -0.2) is 48.2 Å². The van der Waals surface area contributed by atoms with Crippen molar-refractivity contribution < 1.29 is 28.7 Å². The Kier molecular flexibility index (Phi) is 11.1. The predicted octanol–water partition coefficient (Wildman–Crippen LogP) is 3.57. The molecule has 1 aliphatic rings. The highest BCUT2D eigenvalue weighted by Crippen LogP contribution is 2.40. The monoisotopic (exact) mass is 598 g/mol. The highest BCUT2D eigenvalue weighted by molar-refractivity contribution is 6.38. The van der Waals surface area contributed by atoms with Gasteiger partial charge in [-0.3, -0.25) is 19.2 Å². The number of primary amides is 1. The number of benzene rings is 2. The summed E-state index contributed by atoms with van der Waals surface area (Å²) in [5, 5.41) is 8.41. The van der Waals surface area contributed by atoms with Crippen LogP contribution in [0, 0.1) is 11.8 Å². The first-order valence-corrected chi connectivity index (χ1v) is 14.4. The largest absolute Gasteiger partial charge is 0.440 e. The van der Waals surface area contributed by atoms with Gasteiger partial charge in [-0.1, -0.05) is 81.8 Å². The van der Waals surface area contributed by atoms with Crippen LogP contribution in [-0.2, 0) is 29.3 Å². The molecule has 4 amide bonds. The molecule has 10 nitrogen and oxygen atoms in total. The molecular weight excluding hydrogens is 560 g/mol. The molecule has 0 saturated carbocycles. The first kappa shape index (κ1) is 32.6. The third-order valence-electron chi connectivity index (χ3n) is 7.43. The second-order valence-electron chi connectivity index (χ2n) is 11.6. The molecule has 1 fully saturated rings. The molecule has 0 radical (unpaired) electrons. The molecule has 0 aromatic heterocycles. The van der Waals surface area contributed by atoms with Crippen molar-refractivity contribution >= 4 is 41.2 Å². The molecule has 0 spiro atoms. The highest BCUT2D eigenvalue weighted by Gasteiger charge is 2.38. The topological polar surface area (TPSA) is 157 Å². The van der Waals surface area contributed by atoms with Gasteiger partial charge >= 0.3 is 6.09 Å². The lowest BCUT2D eigenvalue weighted by molar-refractivity contribution is -0.139. The van der Waals surface area contributed by atoms with Gasteiger partial charge in [0.05, 0.1) is 6.04 Å². The molecule has 1 unspecified atom stereocenters. The summed E-state index contributed by atoms with van der Waals surface area (Å²) in [6, 6.07) is 14.1. The number of halogens is 1. The van der Waals surface area contributed by atoms with Crippen LogP contribution in [0.1, 0.15) is 64.2 Å². The summed E-state index contributed by atoms with van der Waals surface area (Å²) >= 11 is 6.26. The molecule has 2 aromatic rings. The van der Waals surface area contributed by atoms with E-state index in [1.165, 1.54) is 0 Å². The number of carbonyl (C=O) groups excluding carboxylic acids is 5. The molecule has 5 N–H and O–H groups in total. The molecule has 0 aliphatic carbocycles. The summed E-state index contributed by atoms with van der Waals surface area (Å²) in [6.07, 6.45) is -1.00. The van der Waals surface area contributed by atoms with Crippen LogP contribution >= 0.6 is 11.6 Å². The lowest BCUT2D eigenvalue weighted by Gasteiger charge is -2.35. The molecule has 1 aliphatic heterocycles. The zero-order chi connectivity index (χ0) is 31.0. The van der Waals surface area contributed by atoms with Gasteiger partial charge in [-0.25, -0.2) is 4.79 Å². The molecule has 1 saturated heterocycles. The van der Waals surface area contributed by atoms with Crippen molar-refractivity contribution in [2.45, 2.75) is 70.6 Å². The first-order valence-electron chi connectivity index (χ1n) is 14.0. The SMILES string of the molecule is CC(C)C[C@H](NC(=O)OC(c1ccccc1)C(C)(C)c1cccc(Cl)c1)C(=O)N[C@@H](C[C@@H]1CCNC1=O)C(=O)C(N)=O. The molecule has 42 heavy (non-hydrogen) atoms. The molecule has 1 heterocycles. The minimum absolute atomic E-state index is 0.0280. The summed E-state index contributed by atoms with van der Waals surface area (Å²) in [6.45, 7) is 8.04. The number of ketones is 1. The fourth-order valence-corrected chi connectivity index (χ4v) is 5.31. The maximum atomic E-state index is 13.4. The standard InChI is InChI=1S/C31H39ClN4O6/c1-18(2)15-24(29(40)35-23(25(37)27(33)38)16-20-13-14-34-28(20)39)36-30(41)42-26(19-9-6-5-7-10-19)31(3,4)21-11-8-12-22(32)17-21/h5-12,17-18,20,23-24,26H,13-16H2,1-4H3,(H2,33,38)(H,34,39)(H,35,40)(H,36,41)/t20-,23-,24-,26?/m0/s1. The van der Waals surface area contributed by atoms with Crippen LogP contribution in [0.4, 0.5) is 4.79 Å². The number of nitrogens with two attached hydrogens (primary N) is 1. The zero-order valence-corrected chi connectivity index (χ0v) is 25.1. The van der Waals surface area contributed by atoms with Gasteiger partial charge in [0.2, 0.25) is 17.6 Å². The maximum Gasteiger partial charge on any atom is 0.408 e. The Morgan fingerprint density at radius 1 is 1.05 bits per heavy atom. The van der Waals surface area contributed by atoms with Gasteiger partial charge in [0.15, 0.2) is 0 Å². The third-order valence-corrected chi connectivity index (χ3v) is 7.66. The van der Waals surface area contributed by atoms with Gasteiger partial charge in [0.1, 0.15) is 12.1 Å². The summed E-state index contributed by atoms with van der Waals surface area (Å²) in [5.74, 6) is -3.77. The Morgan fingerprint density at radius 2 is 1.74 bits per heavy atom. The van der Waals surface area contributed by atoms with E-state index in [4.69, 9.17) is 22.1 Å². The van der Waals surface area contributed by atoms with E-state index in [0.29, 0.717) is 18.0 Å². The third kappa shape index (κ3) is 8.55. The Morgan fingerprint density at radius 3 is 2.31 bits per heavy atom. The van der Waals surface area contributed by atoms with E-state index in [-0.39, 0.29) is 24.7 Å². The van der Waals surface area contributed by atoms with Crippen LogP contribution in [0.25, 0.3) is 0 Å². The van der Waals surface area contributed by atoms with E-state index in [2.05, 4.69) is 16.0 Å². The predicted molar refractivity (Wildman–Crippen MR) is 158 cm³/mol. The lowest BCUT2D eigenvalue weighted by atomic mass is 9.76. The number of carbonyl (C=O) groups is 5. The van der Waals surface area contributed by atoms with Crippen molar-refractivity contribution in [2.24, 2.45) is 17.6 Å². The first-order chi connectivity index (χ1) is 19.8. The lowest BCUT2D eigenvalue weighted by Crippen LogP contribution is -2.54. The van der Waals surface area contributed by atoms with Gasteiger partial charge in [0.25, 0.3) is 5.91 Å². The Labute approximate surface area is 251 Å². The van der Waals surface area contributed by atoms with Crippen molar-refractivity contribution in [1.82, 2.24) is 16.0 Å². The van der Waals surface area contributed by atoms with Crippen LogP contribution in [0.2, 0.25) is 5.02 Å².